The molecular formula is C28H54N8O10. The van der Waals surface area contributed by atoms with E-state index in [4.69, 9.17) is 52.0 Å². The van der Waals surface area contributed by atoms with E-state index in [1.807, 2.05) is 6.08 Å². The van der Waals surface area contributed by atoms with Crippen molar-refractivity contribution in [3.63, 3.8) is 0 Å². The van der Waals surface area contributed by atoms with Crippen molar-refractivity contribution in [2.75, 3.05) is 46.5 Å². The summed E-state index contributed by atoms with van der Waals surface area (Å²) in [6.45, 7) is 2.92. The Morgan fingerprint density at radius 2 is 1.91 bits per heavy atom. The largest absolute Gasteiger partial charge is 0.467 e. The van der Waals surface area contributed by atoms with Gasteiger partial charge in [-0.2, -0.15) is 0 Å². The van der Waals surface area contributed by atoms with Crippen molar-refractivity contribution in [2.24, 2.45) is 22.9 Å². The van der Waals surface area contributed by atoms with Crippen LogP contribution in [0.3, 0.4) is 0 Å². The molecule has 0 bridgehead atoms. The normalized spacial score (nSPS) is 37.2. The summed E-state index contributed by atoms with van der Waals surface area (Å²) in [6, 6.07) is -3.15. The second kappa shape index (κ2) is 17.9. The zero-order chi connectivity index (χ0) is 34.0. The molecule has 2 fully saturated rings. The number of ether oxygens (including phenoxy) is 5. The molecule has 46 heavy (non-hydrogen) atoms. The van der Waals surface area contributed by atoms with Gasteiger partial charge in [0.2, 0.25) is 12.2 Å². The summed E-state index contributed by atoms with van der Waals surface area (Å²) in [6.07, 6.45) is -5.73. The molecule has 0 aromatic carbocycles. The molecule has 0 aromatic heterocycles. The highest BCUT2D eigenvalue weighted by Crippen LogP contribution is 2.32. The van der Waals surface area contributed by atoms with E-state index in [9.17, 15) is 25.2 Å². The van der Waals surface area contributed by atoms with Gasteiger partial charge in [-0.3, -0.25) is 10.2 Å². The van der Waals surface area contributed by atoms with Crippen LogP contribution < -0.4 is 38.9 Å². The predicted octanol–water partition coefficient (Wildman–Crippen LogP) is -5.01. The van der Waals surface area contributed by atoms with Gasteiger partial charge in [-0.25, -0.2) is 0 Å². The van der Waals surface area contributed by atoms with Gasteiger partial charge in [0.15, 0.2) is 6.29 Å². The lowest BCUT2D eigenvalue weighted by Gasteiger charge is -2.48. The smallest absolute Gasteiger partial charge is 0.249 e. The van der Waals surface area contributed by atoms with E-state index < -0.39 is 78.8 Å². The summed E-state index contributed by atoms with van der Waals surface area (Å²) in [5.41, 5.74) is 22.1. The van der Waals surface area contributed by atoms with Crippen LogP contribution in [-0.4, -0.2) is 152 Å². The summed E-state index contributed by atoms with van der Waals surface area (Å²) in [5, 5.41) is 59.4. The van der Waals surface area contributed by atoms with Crippen molar-refractivity contribution in [1.82, 2.24) is 16.0 Å². The quantitative estimate of drug-likeness (QED) is 0.0394. The van der Waals surface area contributed by atoms with E-state index in [0.29, 0.717) is 38.3 Å². The van der Waals surface area contributed by atoms with Gasteiger partial charge in [0, 0.05) is 12.6 Å². The summed E-state index contributed by atoms with van der Waals surface area (Å²) in [7, 11) is 1.57. The van der Waals surface area contributed by atoms with Crippen molar-refractivity contribution >= 4 is 11.7 Å². The number of hydrogen-bond acceptors (Lipinski definition) is 16. The Bertz CT molecular complexity index is 1010. The first-order valence-corrected chi connectivity index (χ1v) is 15.6. The minimum Gasteiger partial charge on any atom is -0.467 e. The van der Waals surface area contributed by atoms with Crippen LogP contribution in [0.1, 0.15) is 32.6 Å². The van der Waals surface area contributed by atoms with Gasteiger partial charge >= 0.3 is 0 Å². The predicted molar refractivity (Wildman–Crippen MR) is 165 cm³/mol. The molecule has 1 saturated heterocycles. The molecule has 266 valence electrons. The zero-order valence-electron chi connectivity index (χ0n) is 26.5. The number of carbonyl (C=O) groups is 1. The van der Waals surface area contributed by atoms with Gasteiger partial charge < -0.3 is 83.0 Å². The SMILES string of the molecule is CN[C@@H]1[C@@H](O)[C@@H](O[C@@H]2[C@@H](O)[C@H](O[C@H]3OC(CNCCCOCC(=N)N)=CC[C@H]3N)[C@@H](N)C[C@H]2NC(=O)[C@@H](O)CCN)OC[C@]1(C)O. The number of nitrogens with two attached hydrogens (primary N) is 4. The number of likely N-dealkylation sites (N-methyl/N-ethyl adjacent to an activating group) is 1. The van der Waals surface area contributed by atoms with Crippen LogP contribution in [-0.2, 0) is 28.5 Å². The minimum absolute atomic E-state index is 0.0169. The van der Waals surface area contributed by atoms with Crippen molar-refractivity contribution in [1.29, 1.82) is 5.41 Å². The number of aliphatic hydroxyl groups is 4. The Kier molecular flexibility index (Phi) is 15.0. The Hall–Kier alpha value is -2.04. The molecule has 3 aliphatic rings. The highest BCUT2D eigenvalue weighted by molar-refractivity contribution is 5.80. The van der Waals surface area contributed by atoms with E-state index in [1.54, 1.807) is 7.05 Å². The molecule has 16 N–H and O–H groups in total. The van der Waals surface area contributed by atoms with Gasteiger partial charge in [-0.15, -0.1) is 0 Å². The average Bonchev–Trinajstić information content (AvgIpc) is 2.99. The number of carbonyl (C=O) groups excluding carboxylic acids is 1. The molecule has 2 aliphatic heterocycles. The number of aliphatic hydroxyl groups excluding tert-OH is 3. The van der Waals surface area contributed by atoms with Crippen molar-refractivity contribution in [3.05, 3.63) is 11.8 Å². The molecule has 18 nitrogen and oxygen atoms in total. The van der Waals surface area contributed by atoms with Crippen molar-refractivity contribution < 1.29 is 48.9 Å². The van der Waals surface area contributed by atoms with Gasteiger partial charge in [0.05, 0.1) is 31.3 Å². The third-order valence-corrected chi connectivity index (χ3v) is 8.25. The van der Waals surface area contributed by atoms with Crippen LogP contribution in [0.5, 0.6) is 0 Å². The van der Waals surface area contributed by atoms with Crippen LogP contribution in [0, 0.1) is 5.41 Å². The number of nitrogens with one attached hydrogen (secondary N) is 4. The van der Waals surface area contributed by atoms with Crippen LogP contribution in [0.25, 0.3) is 0 Å². The van der Waals surface area contributed by atoms with Crippen LogP contribution in [0.4, 0.5) is 0 Å². The molecule has 0 radical (unpaired) electrons. The lowest BCUT2D eigenvalue weighted by molar-refractivity contribution is -0.304. The number of rotatable bonds is 17. The number of amidine groups is 1. The summed E-state index contributed by atoms with van der Waals surface area (Å²) in [5.74, 6) is -0.171. The maximum absolute atomic E-state index is 12.7. The van der Waals surface area contributed by atoms with E-state index in [-0.39, 0.29) is 38.4 Å². The maximum atomic E-state index is 12.7. The molecule has 1 amide bonds. The zero-order valence-corrected chi connectivity index (χ0v) is 26.5. The molecule has 0 aromatic rings. The van der Waals surface area contributed by atoms with Crippen molar-refractivity contribution in [2.45, 2.75) is 105 Å². The van der Waals surface area contributed by atoms with Gasteiger partial charge in [0.25, 0.3) is 0 Å². The fourth-order valence-electron chi connectivity index (χ4n) is 5.78. The molecule has 1 saturated carbocycles. The molecule has 2 heterocycles. The monoisotopic (exact) mass is 662 g/mol. The highest BCUT2D eigenvalue weighted by atomic mass is 16.7. The van der Waals surface area contributed by atoms with E-state index >= 15 is 0 Å². The van der Waals surface area contributed by atoms with Crippen molar-refractivity contribution in [3.8, 4) is 0 Å². The Labute approximate surface area is 268 Å². The molecule has 1 aliphatic carbocycles. The van der Waals surface area contributed by atoms with E-state index in [0.717, 1.165) is 0 Å². The average molecular weight is 663 g/mol. The Morgan fingerprint density at radius 3 is 2.59 bits per heavy atom. The molecular weight excluding hydrogens is 608 g/mol. The third-order valence-electron chi connectivity index (χ3n) is 8.25. The number of amides is 1. The highest BCUT2D eigenvalue weighted by Gasteiger charge is 2.52. The number of hydrogen-bond donors (Lipinski definition) is 12. The molecule has 0 unspecified atom stereocenters. The van der Waals surface area contributed by atoms with E-state index in [2.05, 4.69) is 16.0 Å². The lowest BCUT2D eigenvalue weighted by Crippen LogP contribution is -2.69. The van der Waals surface area contributed by atoms with Crippen LogP contribution in [0.15, 0.2) is 11.8 Å². The maximum Gasteiger partial charge on any atom is 0.249 e. The first-order chi connectivity index (χ1) is 21.8. The standard InChI is InChI=1S/C28H54N8O10/c1-28(41)13-43-27(21(39)24(28)34-2)46-23-17(36-25(40)18(37)6-7-29)10-16(31)22(20(23)38)45-26-15(30)5-4-14(44-26)11-35-8-3-9-42-12-19(32)33/h4,15-18,20-24,26-27,34-35,37-39,41H,3,5-13,29-31H2,1-2H3,(H3,32,33)(H,36,40)/t15-,16+,17-,18+,20+,21-,22-,23+,24-,26-,27-,28+/m1/s1. The molecule has 3 rings (SSSR count). The van der Waals surface area contributed by atoms with E-state index in [1.165, 1.54) is 6.92 Å². The summed E-state index contributed by atoms with van der Waals surface area (Å²) in [4.78, 5) is 12.7. The molecule has 18 heteroatoms. The third kappa shape index (κ3) is 10.5. The Morgan fingerprint density at radius 1 is 1.20 bits per heavy atom. The van der Waals surface area contributed by atoms with Gasteiger partial charge in [0.1, 0.15) is 54.3 Å². The second-order valence-corrected chi connectivity index (χ2v) is 12.3. The van der Waals surface area contributed by atoms with Crippen LogP contribution in [0.2, 0.25) is 0 Å². The fourth-order valence-corrected chi connectivity index (χ4v) is 5.78. The summed E-state index contributed by atoms with van der Waals surface area (Å²) >= 11 is 0. The fraction of sp³-hybridized carbons (Fsp3) is 0.857. The second-order valence-electron chi connectivity index (χ2n) is 12.3. The summed E-state index contributed by atoms with van der Waals surface area (Å²) < 4.78 is 29.2. The first kappa shape index (κ1) is 38.4. The molecule has 0 spiro atoms. The minimum atomic E-state index is -1.47. The molecule has 12 atom stereocenters. The van der Waals surface area contributed by atoms with Gasteiger partial charge in [-0.1, -0.05) is 0 Å². The Balaban J connectivity index is 1.68. The van der Waals surface area contributed by atoms with Crippen LogP contribution >= 0.6 is 0 Å². The topological polar surface area (TPSA) is 308 Å². The van der Waals surface area contributed by atoms with Gasteiger partial charge in [-0.05, 0) is 58.8 Å². The lowest BCUT2D eigenvalue weighted by atomic mass is 9.83. The first-order valence-electron chi connectivity index (χ1n) is 15.6.